The van der Waals surface area contributed by atoms with Gasteiger partial charge < -0.3 is 15.5 Å². The molecule has 0 unspecified atom stereocenters. The van der Waals surface area contributed by atoms with Crippen LogP contribution in [0.5, 0.6) is 0 Å². The Bertz CT molecular complexity index is 363. The maximum atomic E-state index is 4.36. The van der Waals surface area contributed by atoms with Crippen molar-refractivity contribution >= 4 is 11.6 Å². The molecule has 0 saturated carbocycles. The molecule has 19 heavy (non-hydrogen) atoms. The van der Waals surface area contributed by atoms with Gasteiger partial charge >= 0.3 is 0 Å². The third-order valence-electron chi connectivity index (χ3n) is 3.26. The molecule has 0 saturated heterocycles. The van der Waals surface area contributed by atoms with Gasteiger partial charge in [0, 0.05) is 25.2 Å². The highest BCUT2D eigenvalue weighted by Crippen LogP contribution is 2.19. The van der Waals surface area contributed by atoms with Crippen molar-refractivity contribution in [2.75, 3.05) is 43.4 Å². The minimum Gasteiger partial charge on any atom is -0.370 e. The van der Waals surface area contributed by atoms with Gasteiger partial charge in [0.15, 0.2) is 0 Å². The van der Waals surface area contributed by atoms with Crippen LogP contribution in [0.1, 0.15) is 33.3 Å². The van der Waals surface area contributed by atoms with Crippen molar-refractivity contribution < 1.29 is 0 Å². The lowest BCUT2D eigenvalue weighted by atomic mass is 10.2. The highest BCUT2D eigenvalue weighted by atomic mass is 15.1. The van der Waals surface area contributed by atoms with E-state index in [-0.39, 0.29) is 0 Å². The number of aromatic nitrogens is 2. The van der Waals surface area contributed by atoms with Crippen LogP contribution in [0.3, 0.4) is 0 Å². The van der Waals surface area contributed by atoms with E-state index in [9.17, 15) is 0 Å². The molecule has 2 N–H and O–H groups in total. The maximum absolute atomic E-state index is 4.36. The Hall–Kier alpha value is -1.36. The minimum atomic E-state index is 0.878. The number of rotatable bonds is 9. The van der Waals surface area contributed by atoms with Crippen LogP contribution in [-0.2, 0) is 6.42 Å². The first-order chi connectivity index (χ1) is 9.26. The van der Waals surface area contributed by atoms with Crippen LogP contribution < -0.4 is 10.6 Å². The van der Waals surface area contributed by atoms with Crippen LogP contribution in [0, 0.1) is 0 Å². The van der Waals surface area contributed by atoms with Gasteiger partial charge in [0.05, 0.1) is 0 Å². The molecule has 1 rings (SSSR count). The summed E-state index contributed by atoms with van der Waals surface area (Å²) in [5.74, 6) is 1.91. The molecule has 1 heterocycles. The third-order valence-corrected chi connectivity index (χ3v) is 3.26. The van der Waals surface area contributed by atoms with Gasteiger partial charge in [-0.1, -0.05) is 20.8 Å². The van der Waals surface area contributed by atoms with Crippen LogP contribution in [0.4, 0.5) is 11.6 Å². The lowest BCUT2D eigenvalue weighted by molar-refractivity contribution is 0.316. The summed E-state index contributed by atoms with van der Waals surface area (Å²) < 4.78 is 0. The lowest BCUT2D eigenvalue weighted by Crippen LogP contribution is -2.29. The van der Waals surface area contributed by atoms with E-state index >= 15 is 0 Å². The molecule has 5 heteroatoms. The lowest BCUT2D eigenvalue weighted by Gasteiger charge is -2.19. The Morgan fingerprint density at radius 2 is 1.63 bits per heavy atom. The second-order valence-corrected chi connectivity index (χ2v) is 4.39. The van der Waals surface area contributed by atoms with Gasteiger partial charge in [0.2, 0.25) is 0 Å². The molecular weight excluding hydrogens is 238 g/mol. The van der Waals surface area contributed by atoms with Crippen LogP contribution >= 0.6 is 0 Å². The smallest absolute Gasteiger partial charge is 0.134 e. The van der Waals surface area contributed by atoms with E-state index in [1.54, 1.807) is 6.33 Å². The molecule has 0 fully saturated rings. The fourth-order valence-electron chi connectivity index (χ4n) is 2.09. The van der Waals surface area contributed by atoms with Crippen molar-refractivity contribution in [3.05, 3.63) is 11.9 Å². The van der Waals surface area contributed by atoms with Gasteiger partial charge in [-0.25, -0.2) is 9.97 Å². The molecule has 5 nitrogen and oxygen atoms in total. The van der Waals surface area contributed by atoms with Crippen LogP contribution in [-0.4, -0.2) is 47.6 Å². The monoisotopic (exact) mass is 265 g/mol. The van der Waals surface area contributed by atoms with Gasteiger partial charge in [-0.2, -0.15) is 0 Å². The molecule has 0 radical (unpaired) electrons. The molecule has 0 aliphatic rings. The van der Waals surface area contributed by atoms with Crippen molar-refractivity contribution in [2.45, 2.75) is 34.1 Å². The quantitative estimate of drug-likeness (QED) is 0.717. The number of hydrogen-bond donors (Lipinski definition) is 2. The predicted octanol–water partition coefficient (Wildman–Crippen LogP) is 2.22. The molecule has 0 aromatic carbocycles. The summed E-state index contributed by atoms with van der Waals surface area (Å²) in [5.41, 5.74) is 1.17. The molecule has 0 bridgehead atoms. The van der Waals surface area contributed by atoms with Gasteiger partial charge in [-0.15, -0.1) is 0 Å². The molecule has 1 aromatic rings. The Balaban J connectivity index is 2.64. The van der Waals surface area contributed by atoms with Crippen molar-refractivity contribution in [3.63, 3.8) is 0 Å². The van der Waals surface area contributed by atoms with Gasteiger partial charge in [0.1, 0.15) is 18.0 Å². The molecule has 1 aromatic heterocycles. The number of hydrogen-bond acceptors (Lipinski definition) is 5. The number of nitrogens with zero attached hydrogens (tertiary/aromatic N) is 3. The first kappa shape index (κ1) is 15.7. The molecule has 0 aliphatic carbocycles. The van der Waals surface area contributed by atoms with E-state index in [4.69, 9.17) is 0 Å². The summed E-state index contributed by atoms with van der Waals surface area (Å²) in [6.45, 7) is 13.6. The summed E-state index contributed by atoms with van der Waals surface area (Å²) in [5, 5.41) is 6.72. The molecule has 0 aliphatic heterocycles. The summed E-state index contributed by atoms with van der Waals surface area (Å²) in [6, 6.07) is 0. The van der Waals surface area contributed by atoms with Crippen molar-refractivity contribution in [1.82, 2.24) is 14.9 Å². The summed E-state index contributed by atoms with van der Waals surface area (Å²) in [6.07, 6.45) is 2.55. The zero-order valence-electron chi connectivity index (χ0n) is 12.7. The molecule has 0 amide bonds. The molecule has 0 atom stereocenters. The first-order valence-electron chi connectivity index (χ1n) is 7.30. The van der Waals surface area contributed by atoms with E-state index in [0.717, 1.165) is 50.8 Å². The third kappa shape index (κ3) is 4.67. The van der Waals surface area contributed by atoms with E-state index < -0.39 is 0 Å². The standard InChI is InChI=1S/C14H27N5/c1-5-12-13(15-6-2)17-11-18-14(12)16-9-10-19(7-3)8-4/h11H,5-10H2,1-4H3,(H2,15,16,17,18). The maximum Gasteiger partial charge on any atom is 0.134 e. The Labute approximate surface area is 116 Å². The van der Waals surface area contributed by atoms with Crippen molar-refractivity contribution in [2.24, 2.45) is 0 Å². The number of nitrogens with one attached hydrogen (secondary N) is 2. The first-order valence-corrected chi connectivity index (χ1v) is 7.30. The number of anilines is 2. The van der Waals surface area contributed by atoms with Crippen LogP contribution in [0.25, 0.3) is 0 Å². The topological polar surface area (TPSA) is 53.1 Å². The van der Waals surface area contributed by atoms with Gasteiger partial charge in [0.25, 0.3) is 0 Å². The zero-order valence-corrected chi connectivity index (χ0v) is 12.7. The Kier molecular flexibility index (Phi) is 7.18. The van der Waals surface area contributed by atoms with Gasteiger partial charge in [-0.05, 0) is 26.4 Å². The highest BCUT2D eigenvalue weighted by Gasteiger charge is 2.08. The van der Waals surface area contributed by atoms with Gasteiger partial charge in [-0.3, -0.25) is 0 Å². The normalized spacial score (nSPS) is 10.8. The molecule has 108 valence electrons. The Morgan fingerprint density at radius 1 is 1.00 bits per heavy atom. The van der Waals surface area contributed by atoms with E-state index in [1.807, 2.05) is 0 Å². The fraction of sp³-hybridized carbons (Fsp3) is 0.714. The molecule has 0 spiro atoms. The largest absolute Gasteiger partial charge is 0.370 e. The zero-order chi connectivity index (χ0) is 14.1. The summed E-state index contributed by atoms with van der Waals surface area (Å²) in [4.78, 5) is 11.1. The van der Waals surface area contributed by atoms with E-state index in [0.29, 0.717) is 0 Å². The second-order valence-electron chi connectivity index (χ2n) is 4.39. The second kappa shape index (κ2) is 8.69. The van der Waals surface area contributed by atoms with Crippen LogP contribution in [0.15, 0.2) is 6.33 Å². The Morgan fingerprint density at radius 3 is 2.16 bits per heavy atom. The van der Waals surface area contributed by atoms with E-state index in [1.165, 1.54) is 5.56 Å². The predicted molar refractivity (Wildman–Crippen MR) is 81.9 cm³/mol. The van der Waals surface area contributed by atoms with Crippen molar-refractivity contribution in [1.29, 1.82) is 0 Å². The average Bonchev–Trinajstić information content (AvgIpc) is 2.44. The SMILES string of the molecule is CCNc1ncnc(NCCN(CC)CC)c1CC. The fourth-order valence-corrected chi connectivity index (χ4v) is 2.09. The van der Waals surface area contributed by atoms with Crippen LogP contribution in [0.2, 0.25) is 0 Å². The summed E-state index contributed by atoms with van der Waals surface area (Å²) in [7, 11) is 0. The number of likely N-dealkylation sites (N-methyl/N-ethyl adjacent to an activating group) is 1. The summed E-state index contributed by atoms with van der Waals surface area (Å²) >= 11 is 0. The highest BCUT2D eigenvalue weighted by molar-refractivity contribution is 5.57. The van der Waals surface area contributed by atoms with Crippen molar-refractivity contribution in [3.8, 4) is 0 Å². The minimum absolute atomic E-state index is 0.878. The average molecular weight is 265 g/mol. The molecular formula is C14H27N5. The van der Waals surface area contributed by atoms with E-state index in [2.05, 4.69) is 53.2 Å².